The van der Waals surface area contributed by atoms with Crippen molar-refractivity contribution in [1.29, 1.82) is 0 Å². The Hall–Kier alpha value is -4.15. The van der Waals surface area contributed by atoms with Crippen LogP contribution < -0.4 is 10.2 Å². The summed E-state index contributed by atoms with van der Waals surface area (Å²) in [4.78, 5) is 31.8. The third-order valence-corrected chi connectivity index (χ3v) is 5.32. The van der Waals surface area contributed by atoms with E-state index in [2.05, 4.69) is 40.4 Å². The zero-order chi connectivity index (χ0) is 21.8. The van der Waals surface area contributed by atoms with Gasteiger partial charge in [0.15, 0.2) is 5.82 Å². The summed E-state index contributed by atoms with van der Waals surface area (Å²) < 4.78 is 6.86. The quantitative estimate of drug-likeness (QED) is 0.484. The number of benzene rings is 1. The molecule has 3 aromatic heterocycles. The molecular formula is C21H21N9O2. The fraction of sp³-hybridized carbons (Fsp3) is 0.286. The summed E-state index contributed by atoms with van der Waals surface area (Å²) in [5.74, 6) is 2.06. The molecule has 0 spiro atoms. The maximum atomic E-state index is 12.8. The number of rotatable bonds is 6. The van der Waals surface area contributed by atoms with E-state index in [0.717, 1.165) is 30.8 Å². The molecule has 0 radical (unpaired) electrons. The Bertz CT molecular complexity index is 1180. The molecule has 0 aliphatic carbocycles. The molecule has 1 aliphatic rings. The summed E-state index contributed by atoms with van der Waals surface area (Å²) in [5.41, 5.74) is 0.867. The minimum Gasteiger partial charge on any atom is -0.356 e. The van der Waals surface area contributed by atoms with E-state index in [-0.39, 0.29) is 18.4 Å². The molecule has 1 atom stereocenters. The lowest BCUT2D eigenvalue weighted by Gasteiger charge is -2.32. The van der Waals surface area contributed by atoms with Crippen molar-refractivity contribution in [1.82, 2.24) is 40.2 Å². The van der Waals surface area contributed by atoms with Gasteiger partial charge in [-0.15, -0.1) is 0 Å². The number of anilines is 1. The van der Waals surface area contributed by atoms with E-state index in [1.54, 1.807) is 11.0 Å². The summed E-state index contributed by atoms with van der Waals surface area (Å²) in [7, 11) is 0. The summed E-state index contributed by atoms with van der Waals surface area (Å²) >= 11 is 0. The highest BCUT2D eigenvalue weighted by molar-refractivity contribution is 5.79. The summed E-state index contributed by atoms with van der Waals surface area (Å²) in [6.07, 6.45) is 6.23. The molecule has 1 fully saturated rings. The smallest absolute Gasteiger partial charge is 0.246 e. The molecule has 5 rings (SSSR count). The molecule has 0 saturated carbocycles. The second kappa shape index (κ2) is 8.92. The monoisotopic (exact) mass is 431 g/mol. The Balaban J connectivity index is 1.20. The molecule has 0 bridgehead atoms. The zero-order valence-electron chi connectivity index (χ0n) is 17.2. The number of piperidine rings is 1. The van der Waals surface area contributed by atoms with Crippen LogP contribution in [0.1, 0.15) is 18.7 Å². The van der Waals surface area contributed by atoms with Gasteiger partial charge in [-0.2, -0.15) is 10.1 Å². The van der Waals surface area contributed by atoms with Crippen LogP contribution in [-0.2, 0) is 11.3 Å². The first-order valence-electron chi connectivity index (χ1n) is 10.3. The third-order valence-electron chi connectivity index (χ3n) is 5.32. The summed E-state index contributed by atoms with van der Waals surface area (Å²) in [6.45, 7) is 1.58. The average molecular weight is 431 g/mol. The van der Waals surface area contributed by atoms with Crippen molar-refractivity contribution in [3.8, 4) is 17.2 Å². The molecule has 11 nitrogen and oxygen atoms in total. The Morgan fingerprint density at radius 3 is 2.88 bits per heavy atom. The van der Waals surface area contributed by atoms with Gasteiger partial charge in [-0.3, -0.25) is 4.79 Å². The second-order valence-electron chi connectivity index (χ2n) is 7.46. The molecule has 4 aromatic rings. The van der Waals surface area contributed by atoms with E-state index in [4.69, 9.17) is 4.52 Å². The SMILES string of the molecule is O=C(NCc1nc(-c2ccccc2)no1)C1CCCN(c2cc(-n3cncn3)ncn2)C1. The lowest BCUT2D eigenvalue weighted by Crippen LogP contribution is -2.43. The molecule has 4 heterocycles. The Kier molecular flexibility index (Phi) is 5.52. The average Bonchev–Trinajstić information content (AvgIpc) is 3.56. The minimum atomic E-state index is -0.162. The maximum absolute atomic E-state index is 12.8. The van der Waals surface area contributed by atoms with Gasteiger partial charge in [-0.05, 0) is 12.8 Å². The van der Waals surface area contributed by atoms with Crippen LogP contribution in [0.3, 0.4) is 0 Å². The second-order valence-corrected chi connectivity index (χ2v) is 7.46. The van der Waals surface area contributed by atoms with Gasteiger partial charge in [-0.25, -0.2) is 19.6 Å². The Morgan fingerprint density at radius 2 is 2.03 bits per heavy atom. The van der Waals surface area contributed by atoms with E-state index in [1.165, 1.54) is 12.7 Å². The van der Waals surface area contributed by atoms with Crippen LogP contribution in [-0.4, -0.2) is 53.9 Å². The zero-order valence-corrected chi connectivity index (χ0v) is 17.2. The molecule has 162 valence electrons. The van der Waals surface area contributed by atoms with Crippen LogP contribution in [0.2, 0.25) is 0 Å². The van der Waals surface area contributed by atoms with Crippen molar-refractivity contribution in [3.05, 3.63) is 61.3 Å². The first-order chi connectivity index (χ1) is 15.8. The van der Waals surface area contributed by atoms with Crippen molar-refractivity contribution in [2.45, 2.75) is 19.4 Å². The van der Waals surface area contributed by atoms with Crippen LogP contribution in [0.15, 0.2) is 59.9 Å². The van der Waals surface area contributed by atoms with Crippen LogP contribution in [0.4, 0.5) is 5.82 Å². The number of nitrogens with zero attached hydrogens (tertiary/aromatic N) is 8. The van der Waals surface area contributed by atoms with Crippen molar-refractivity contribution in [2.75, 3.05) is 18.0 Å². The molecular weight excluding hydrogens is 410 g/mol. The fourth-order valence-corrected chi connectivity index (χ4v) is 3.70. The van der Waals surface area contributed by atoms with Crippen LogP contribution >= 0.6 is 0 Å². The molecule has 11 heteroatoms. The number of carbonyl (C=O) groups is 1. The Morgan fingerprint density at radius 1 is 1.16 bits per heavy atom. The minimum absolute atomic E-state index is 0.0419. The third kappa shape index (κ3) is 4.31. The van der Waals surface area contributed by atoms with Gasteiger partial charge in [0.1, 0.15) is 24.8 Å². The van der Waals surface area contributed by atoms with Crippen LogP contribution in [0, 0.1) is 5.92 Å². The van der Waals surface area contributed by atoms with Crippen LogP contribution in [0.5, 0.6) is 0 Å². The van der Waals surface area contributed by atoms with Crippen molar-refractivity contribution >= 4 is 11.7 Å². The first-order valence-corrected chi connectivity index (χ1v) is 10.3. The number of hydrogen-bond donors (Lipinski definition) is 1. The molecule has 1 amide bonds. The van der Waals surface area contributed by atoms with E-state index >= 15 is 0 Å². The number of hydrogen-bond acceptors (Lipinski definition) is 9. The van der Waals surface area contributed by atoms with Gasteiger partial charge < -0.3 is 14.7 Å². The lowest BCUT2D eigenvalue weighted by atomic mass is 9.97. The van der Waals surface area contributed by atoms with E-state index in [0.29, 0.717) is 24.1 Å². The predicted octanol–water partition coefficient (Wildman–Crippen LogP) is 1.64. The maximum Gasteiger partial charge on any atom is 0.246 e. The molecule has 1 aliphatic heterocycles. The van der Waals surface area contributed by atoms with E-state index in [9.17, 15) is 4.79 Å². The normalized spacial score (nSPS) is 16.1. The fourth-order valence-electron chi connectivity index (χ4n) is 3.70. The summed E-state index contributed by atoms with van der Waals surface area (Å²) in [6, 6.07) is 11.4. The predicted molar refractivity (Wildman–Crippen MR) is 113 cm³/mol. The topological polar surface area (TPSA) is 128 Å². The van der Waals surface area contributed by atoms with Gasteiger partial charge >= 0.3 is 0 Å². The standard InChI is InChI=1S/C21H21N9O2/c31-21(23-10-19-27-20(28-32-19)15-5-2-1-3-6-15)16-7-4-8-29(11-16)17-9-18(25-13-24-17)30-14-22-12-26-30/h1-3,5-6,9,12-14,16H,4,7-8,10-11H2,(H,23,31). The van der Waals surface area contributed by atoms with Crippen molar-refractivity contribution < 1.29 is 9.32 Å². The Labute approximate surface area is 183 Å². The van der Waals surface area contributed by atoms with Gasteiger partial charge in [0.25, 0.3) is 0 Å². The van der Waals surface area contributed by atoms with Gasteiger partial charge in [0.05, 0.1) is 12.5 Å². The largest absolute Gasteiger partial charge is 0.356 e. The van der Waals surface area contributed by atoms with Crippen molar-refractivity contribution in [2.24, 2.45) is 5.92 Å². The molecule has 1 unspecified atom stereocenters. The molecule has 32 heavy (non-hydrogen) atoms. The number of nitrogens with one attached hydrogen (secondary N) is 1. The highest BCUT2D eigenvalue weighted by Gasteiger charge is 2.27. The van der Waals surface area contributed by atoms with E-state index in [1.807, 2.05) is 36.4 Å². The first kappa shape index (κ1) is 19.8. The molecule has 1 saturated heterocycles. The number of amides is 1. The highest BCUT2D eigenvalue weighted by atomic mass is 16.5. The number of aromatic nitrogens is 7. The molecule has 1 N–H and O–H groups in total. The highest BCUT2D eigenvalue weighted by Crippen LogP contribution is 2.23. The van der Waals surface area contributed by atoms with Crippen LogP contribution in [0.25, 0.3) is 17.2 Å². The van der Waals surface area contributed by atoms with Gasteiger partial charge in [0, 0.05) is 24.7 Å². The molecule has 1 aromatic carbocycles. The van der Waals surface area contributed by atoms with Gasteiger partial charge in [0.2, 0.25) is 17.6 Å². The van der Waals surface area contributed by atoms with Crippen molar-refractivity contribution in [3.63, 3.8) is 0 Å². The lowest BCUT2D eigenvalue weighted by molar-refractivity contribution is -0.125. The van der Waals surface area contributed by atoms with Gasteiger partial charge in [-0.1, -0.05) is 35.5 Å². The summed E-state index contributed by atoms with van der Waals surface area (Å²) in [5, 5.41) is 11.0. The number of carbonyl (C=O) groups excluding carboxylic acids is 1. The van der Waals surface area contributed by atoms with E-state index < -0.39 is 0 Å².